The van der Waals surface area contributed by atoms with Gasteiger partial charge in [0.25, 0.3) is 0 Å². The predicted octanol–water partition coefficient (Wildman–Crippen LogP) is 3.79. The van der Waals surface area contributed by atoms with Crippen molar-refractivity contribution < 1.29 is 34.7 Å². The summed E-state index contributed by atoms with van der Waals surface area (Å²) in [4.78, 5) is -0.684. The van der Waals surface area contributed by atoms with Crippen molar-refractivity contribution >= 4 is 31.5 Å². The number of hydrogen-bond donors (Lipinski definition) is 0. The van der Waals surface area contributed by atoms with Crippen LogP contribution in [0.15, 0.2) is 53.4 Å². The van der Waals surface area contributed by atoms with E-state index in [2.05, 4.69) is 4.74 Å². The van der Waals surface area contributed by atoms with E-state index in [4.69, 9.17) is 11.6 Å². The highest BCUT2D eigenvalue weighted by Crippen LogP contribution is 2.36. The third-order valence-electron chi connectivity index (χ3n) is 4.64. The quantitative estimate of drug-likeness (QED) is 0.661. The molecule has 1 atom stereocenters. The number of nitrogens with zero attached hydrogens (tertiary/aromatic N) is 1. The molecule has 164 valence electrons. The molecule has 1 heterocycles. The van der Waals surface area contributed by atoms with Crippen molar-refractivity contribution in [1.82, 2.24) is 4.31 Å². The summed E-state index contributed by atoms with van der Waals surface area (Å²) in [5.74, 6) is -1.37. The summed E-state index contributed by atoms with van der Waals surface area (Å²) >= 11 is 6.12. The Morgan fingerprint density at radius 3 is 2.33 bits per heavy atom. The number of alkyl halides is 3. The normalized spacial score (nSPS) is 20.5. The highest BCUT2D eigenvalue weighted by Gasteiger charge is 2.39. The van der Waals surface area contributed by atoms with Gasteiger partial charge in [-0.15, -0.1) is 13.2 Å². The van der Waals surface area contributed by atoms with Crippen LogP contribution in [0.2, 0.25) is 5.02 Å². The van der Waals surface area contributed by atoms with Gasteiger partial charge in [-0.3, -0.25) is 0 Å². The highest BCUT2D eigenvalue weighted by molar-refractivity contribution is 7.92. The molecule has 6 nitrogen and oxygen atoms in total. The molecule has 1 aliphatic heterocycles. The van der Waals surface area contributed by atoms with Crippen LogP contribution in [0.25, 0.3) is 0 Å². The Kier molecular flexibility index (Phi) is 6.38. The van der Waals surface area contributed by atoms with Gasteiger partial charge in [0.1, 0.15) is 10.6 Å². The lowest BCUT2D eigenvalue weighted by Gasteiger charge is -2.21. The average molecular weight is 484 g/mol. The standard InChI is InChI=1S/C18H17ClF3NO5S2/c19-14-6-2-1-5-13(14)16-9-10-23(11-12-29(16,24)25)30(26,27)17-8-4-3-7-15(17)28-18(20,21)22/h1-8,16H,9-12H2. The summed E-state index contributed by atoms with van der Waals surface area (Å²) in [6.45, 7) is -0.607. The Balaban J connectivity index is 1.94. The van der Waals surface area contributed by atoms with Crippen molar-refractivity contribution in [3.05, 3.63) is 59.1 Å². The number of hydrogen-bond acceptors (Lipinski definition) is 5. The van der Waals surface area contributed by atoms with Crippen LogP contribution in [0, 0.1) is 0 Å². The van der Waals surface area contributed by atoms with Crippen molar-refractivity contribution in [3.8, 4) is 5.75 Å². The van der Waals surface area contributed by atoms with Crippen LogP contribution in [-0.2, 0) is 19.9 Å². The molecule has 1 fully saturated rings. The first-order valence-electron chi connectivity index (χ1n) is 8.73. The van der Waals surface area contributed by atoms with Crippen molar-refractivity contribution in [1.29, 1.82) is 0 Å². The van der Waals surface area contributed by atoms with Gasteiger partial charge in [-0.2, -0.15) is 4.31 Å². The van der Waals surface area contributed by atoms with Crippen LogP contribution in [0.4, 0.5) is 13.2 Å². The van der Waals surface area contributed by atoms with E-state index in [1.807, 2.05) is 0 Å². The molecule has 3 rings (SSSR count). The minimum absolute atomic E-state index is 0.0897. The monoisotopic (exact) mass is 483 g/mol. The number of benzene rings is 2. The van der Waals surface area contributed by atoms with E-state index in [9.17, 15) is 30.0 Å². The molecule has 1 aliphatic rings. The zero-order chi connectivity index (χ0) is 22.2. The smallest absolute Gasteiger partial charge is 0.404 e. The first-order valence-corrected chi connectivity index (χ1v) is 12.3. The van der Waals surface area contributed by atoms with Crippen LogP contribution in [-0.4, -0.2) is 46.3 Å². The molecule has 2 aromatic rings. The third-order valence-corrected chi connectivity index (χ3v) is 9.03. The van der Waals surface area contributed by atoms with E-state index in [0.717, 1.165) is 16.4 Å². The van der Waals surface area contributed by atoms with E-state index in [-0.39, 0.29) is 18.0 Å². The molecule has 0 saturated carbocycles. The number of halogens is 4. The van der Waals surface area contributed by atoms with Crippen LogP contribution < -0.4 is 4.74 Å². The molecular weight excluding hydrogens is 467 g/mol. The Morgan fingerprint density at radius 2 is 1.67 bits per heavy atom. The molecule has 1 unspecified atom stereocenters. The van der Waals surface area contributed by atoms with Crippen molar-refractivity contribution in [3.63, 3.8) is 0 Å². The van der Waals surface area contributed by atoms with Crippen molar-refractivity contribution in [2.75, 3.05) is 18.8 Å². The molecule has 30 heavy (non-hydrogen) atoms. The lowest BCUT2D eigenvalue weighted by atomic mass is 10.1. The van der Waals surface area contributed by atoms with Gasteiger partial charge in [-0.1, -0.05) is 41.9 Å². The molecule has 2 aromatic carbocycles. The minimum Gasteiger partial charge on any atom is -0.404 e. The van der Waals surface area contributed by atoms with Gasteiger partial charge in [-0.05, 0) is 30.2 Å². The summed E-state index contributed by atoms with van der Waals surface area (Å²) in [5, 5.41) is -0.778. The fourth-order valence-electron chi connectivity index (χ4n) is 3.26. The molecule has 0 spiro atoms. The molecule has 0 bridgehead atoms. The number of ether oxygens (including phenoxy) is 1. The summed E-state index contributed by atoms with van der Waals surface area (Å²) < 4.78 is 94.3. The van der Waals surface area contributed by atoms with Crippen molar-refractivity contribution in [2.45, 2.75) is 22.9 Å². The fraction of sp³-hybridized carbons (Fsp3) is 0.333. The SMILES string of the molecule is O=S1(=O)CCN(S(=O)(=O)c2ccccc2OC(F)(F)F)CCC1c1ccccc1Cl. The van der Waals surface area contributed by atoms with E-state index in [0.29, 0.717) is 5.56 Å². The summed E-state index contributed by atoms with van der Waals surface area (Å²) in [6.07, 6.45) is -5.17. The Morgan fingerprint density at radius 1 is 1.03 bits per heavy atom. The van der Waals surface area contributed by atoms with Crippen LogP contribution >= 0.6 is 11.6 Å². The topological polar surface area (TPSA) is 80.8 Å². The van der Waals surface area contributed by atoms with E-state index < -0.39 is 54.4 Å². The lowest BCUT2D eigenvalue weighted by Crippen LogP contribution is -2.34. The number of rotatable bonds is 4. The molecule has 0 aromatic heterocycles. The van der Waals surface area contributed by atoms with Gasteiger partial charge >= 0.3 is 6.36 Å². The maximum Gasteiger partial charge on any atom is 0.573 e. The molecule has 0 N–H and O–H groups in total. The molecule has 0 aliphatic carbocycles. The largest absolute Gasteiger partial charge is 0.573 e. The second-order valence-electron chi connectivity index (χ2n) is 6.56. The number of sulfone groups is 1. The van der Waals surface area contributed by atoms with Crippen LogP contribution in [0.5, 0.6) is 5.75 Å². The maximum atomic E-state index is 13.0. The summed E-state index contributed by atoms with van der Waals surface area (Å²) in [5.41, 5.74) is 0.360. The second-order valence-corrected chi connectivity index (χ2v) is 11.2. The van der Waals surface area contributed by atoms with E-state index in [1.165, 1.54) is 18.2 Å². The fourth-order valence-corrected chi connectivity index (χ4v) is 7.09. The Hall–Kier alpha value is -1.82. The van der Waals surface area contributed by atoms with Gasteiger partial charge in [0.15, 0.2) is 9.84 Å². The van der Waals surface area contributed by atoms with Gasteiger partial charge < -0.3 is 4.74 Å². The Labute approximate surface area is 177 Å². The zero-order valence-electron chi connectivity index (χ0n) is 15.3. The van der Waals surface area contributed by atoms with E-state index in [1.54, 1.807) is 18.2 Å². The maximum absolute atomic E-state index is 13.0. The first-order chi connectivity index (χ1) is 13.9. The molecule has 0 radical (unpaired) electrons. The lowest BCUT2D eigenvalue weighted by molar-refractivity contribution is -0.275. The Bertz CT molecular complexity index is 1140. The average Bonchev–Trinajstić information content (AvgIpc) is 2.80. The van der Waals surface area contributed by atoms with Gasteiger partial charge in [0, 0.05) is 18.1 Å². The van der Waals surface area contributed by atoms with E-state index >= 15 is 0 Å². The molecular formula is C18H17ClF3NO5S2. The van der Waals surface area contributed by atoms with Crippen molar-refractivity contribution in [2.24, 2.45) is 0 Å². The molecule has 0 amide bonds. The number of para-hydroxylation sites is 1. The third kappa shape index (κ3) is 4.90. The number of sulfonamides is 1. The zero-order valence-corrected chi connectivity index (χ0v) is 17.7. The predicted molar refractivity (Wildman–Crippen MR) is 104 cm³/mol. The van der Waals surface area contributed by atoms with Gasteiger partial charge in [0.2, 0.25) is 10.0 Å². The minimum atomic E-state index is -5.08. The molecule has 1 saturated heterocycles. The summed E-state index contributed by atoms with van der Waals surface area (Å²) in [7, 11) is -8.20. The molecule has 12 heteroatoms. The van der Waals surface area contributed by atoms with Crippen LogP contribution in [0.1, 0.15) is 17.2 Å². The van der Waals surface area contributed by atoms with Gasteiger partial charge in [-0.25, -0.2) is 16.8 Å². The second kappa shape index (κ2) is 8.37. The van der Waals surface area contributed by atoms with Gasteiger partial charge in [0.05, 0.1) is 11.0 Å². The van der Waals surface area contributed by atoms with Crippen LogP contribution in [0.3, 0.4) is 0 Å². The highest BCUT2D eigenvalue weighted by atomic mass is 35.5. The summed E-state index contributed by atoms with van der Waals surface area (Å²) in [6, 6.07) is 10.7. The first kappa shape index (κ1) is 22.9.